The summed E-state index contributed by atoms with van der Waals surface area (Å²) in [5.74, 6) is -0.0982. The Labute approximate surface area is 117 Å². The minimum absolute atomic E-state index is 0.00893. The lowest BCUT2D eigenvalue weighted by atomic mass is 10.1. The van der Waals surface area contributed by atoms with Gasteiger partial charge >= 0.3 is 0 Å². The van der Waals surface area contributed by atoms with Gasteiger partial charge in [-0.25, -0.2) is 0 Å². The number of rotatable bonds is 2. The van der Waals surface area contributed by atoms with E-state index in [2.05, 4.69) is 5.32 Å². The van der Waals surface area contributed by atoms with Crippen molar-refractivity contribution in [3.8, 4) is 0 Å². The number of amides is 2. The molecule has 0 spiro atoms. The molecule has 0 radical (unpaired) electrons. The molecule has 106 valence electrons. The Balaban J connectivity index is 1.85. The topological polar surface area (TPSA) is 58.6 Å². The second-order valence-corrected chi connectivity index (χ2v) is 5.28. The van der Waals surface area contributed by atoms with Gasteiger partial charge in [-0.3, -0.25) is 9.59 Å². The SMILES string of the molecule is CC(=O)N1CCc2cccc(NC(=O)C3CCOC3)c21. The third-order valence-electron chi connectivity index (χ3n) is 3.93. The van der Waals surface area contributed by atoms with Crippen LogP contribution < -0.4 is 10.2 Å². The zero-order chi connectivity index (χ0) is 14.1. The van der Waals surface area contributed by atoms with Gasteiger partial charge in [-0.2, -0.15) is 0 Å². The summed E-state index contributed by atoms with van der Waals surface area (Å²) in [7, 11) is 0. The highest BCUT2D eigenvalue weighted by Gasteiger charge is 2.28. The molecule has 1 unspecified atom stereocenters. The summed E-state index contributed by atoms with van der Waals surface area (Å²) in [6.45, 7) is 3.37. The normalized spacial score (nSPS) is 20.9. The molecule has 0 aromatic heterocycles. The van der Waals surface area contributed by atoms with Crippen molar-refractivity contribution in [1.29, 1.82) is 0 Å². The Hall–Kier alpha value is -1.88. The Bertz CT molecular complexity index is 550. The van der Waals surface area contributed by atoms with Gasteiger partial charge in [0.25, 0.3) is 0 Å². The molecule has 5 nitrogen and oxygen atoms in total. The van der Waals surface area contributed by atoms with Crippen molar-refractivity contribution in [3.63, 3.8) is 0 Å². The first-order valence-electron chi connectivity index (χ1n) is 6.95. The summed E-state index contributed by atoms with van der Waals surface area (Å²) < 4.78 is 5.24. The largest absolute Gasteiger partial charge is 0.381 e. The average molecular weight is 274 g/mol. The van der Waals surface area contributed by atoms with E-state index in [1.54, 1.807) is 11.8 Å². The van der Waals surface area contributed by atoms with E-state index in [0.717, 1.165) is 29.8 Å². The first-order valence-corrected chi connectivity index (χ1v) is 6.95. The maximum absolute atomic E-state index is 12.2. The lowest BCUT2D eigenvalue weighted by molar-refractivity contribution is -0.120. The highest BCUT2D eigenvalue weighted by Crippen LogP contribution is 2.36. The summed E-state index contributed by atoms with van der Waals surface area (Å²) >= 11 is 0. The molecule has 1 aromatic carbocycles. The third kappa shape index (κ3) is 2.29. The number of hydrogen-bond donors (Lipinski definition) is 1. The van der Waals surface area contributed by atoms with Gasteiger partial charge in [0, 0.05) is 20.1 Å². The van der Waals surface area contributed by atoms with Crippen LogP contribution in [-0.2, 0) is 20.7 Å². The second-order valence-electron chi connectivity index (χ2n) is 5.28. The van der Waals surface area contributed by atoms with Crippen molar-refractivity contribution >= 4 is 23.2 Å². The predicted octanol–water partition coefficient (Wildman–Crippen LogP) is 1.57. The van der Waals surface area contributed by atoms with Crippen molar-refractivity contribution < 1.29 is 14.3 Å². The molecule has 2 aliphatic rings. The van der Waals surface area contributed by atoms with Gasteiger partial charge in [0.1, 0.15) is 0 Å². The van der Waals surface area contributed by atoms with Crippen molar-refractivity contribution in [3.05, 3.63) is 23.8 Å². The van der Waals surface area contributed by atoms with Crippen LogP contribution in [0.2, 0.25) is 0 Å². The van der Waals surface area contributed by atoms with Crippen LogP contribution >= 0.6 is 0 Å². The van der Waals surface area contributed by atoms with Gasteiger partial charge in [0.15, 0.2) is 0 Å². The van der Waals surface area contributed by atoms with E-state index in [9.17, 15) is 9.59 Å². The van der Waals surface area contributed by atoms with Crippen LogP contribution in [0.5, 0.6) is 0 Å². The van der Waals surface area contributed by atoms with Crippen molar-refractivity contribution in [1.82, 2.24) is 0 Å². The maximum Gasteiger partial charge on any atom is 0.229 e. The summed E-state index contributed by atoms with van der Waals surface area (Å²) in [5.41, 5.74) is 2.69. The zero-order valence-electron chi connectivity index (χ0n) is 11.5. The summed E-state index contributed by atoms with van der Waals surface area (Å²) in [6, 6.07) is 5.78. The number of carbonyl (C=O) groups is 2. The van der Waals surface area contributed by atoms with Crippen molar-refractivity contribution in [2.24, 2.45) is 5.92 Å². The van der Waals surface area contributed by atoms with Gasteiger partial charge in [0.2, 0.25) is 11.8 Å². The molecular weight excluding hydrogens is 256 g/mol. The molecule has 2 heterocycles. The van der Waals surface area contributed by atoms with Crippen LogP contribution in [0.15, 0.2) is 18.2 Å². The van der Waals surface area contributed by atoms with Crippen LogP contribution in [0, 0.1) is 5.92 Å². The summed E-state index contributed by atoms with van der Waals surface area (Å²) in [4.78, 5) is 25.6. The lowest BCUT2D eigenvalue weighted by Crippen LogP contribution is -2.28. The minimum Gasteiger partial charge on any atom is -0.381 e. The molecule has 1 fully saturated rings. The van der Waals surface area contributed by atoms with Gasteiger partial charge in [0.05, 0.1) is 23.9 Å². The number of carbonyl (C=O) groups excluding carboxylic acids is 2. The second kappa shape index (κ2) is 5.25. The van der Waals surface area contributed by atoms with Gasteiger partial charge in [-0.15, -0.1) is 0 Å². The van der Waals surface area contributed by atoms with E-state index in [0.29, 0.717) is 19.8 Å². The molecule has 2 amide bonds. The van der Waals surface area contributed by atoms with E-state index < -0.39 is 0 Å². The van der Waals surface area contributed by atoms with Gasteiger partial charge in [-0.1, -0.05) is 12.1 Å². The first kappa shape index (κ1) is 13.1. The monoisotopic (exact) mass is 274 g/mol. The Morgan fingerprint density at radius 2 is 2.25 bits per heavy atom. The molecule has 1 saturated heterocycles. The number of ether oxygens (including phenoxy) is 1. The smallest absolute Gasteiger partial charge is 0.229 e. The fourth-order valence-corrected chi connectivity index (χ4v) is 2.85. The van der Waals surface area contributed by atoms with Crippen LogP contribution in [-0.4, -0.2) is 31.6 Å². The summed E-state index contributed by atoms with van der Waals surface area (Å²) in [6.07, 6.45) is 1.60. The predicted molar refractivity (Wildman–Crippen MR) is 75.7 cm³/mol. The summed E-state index contributed by atoms with van der Waals surface area (Å²) in [5, 5.41) is 2.96. The first-order chi connectivity index (χ1) is 9.66. The van der Waals surface area contributed by atoms with Crippen molar-refractivity contribution in [2.75, 3.05) is 30.0 Å². The number of nitrogens with one attached hydrogen (secondary N) is 1. The lowest BCUT2D eigenvalue weighted by Gasteiger charge is -2.19. The van der Waals surface area contributed by atoms with Crippen molar-refractivity contribution in [2.45, 2.75) is 19.8 Å². The number of benzene rings is 1. The third-order valence-corrected chi connectivity index (χ3v) is 3.93. The molecule has 0 aliphatic carbocycles. The van der Waals surface area contributed by atoms with Crippen LogP contribution in [0.3, 0.4) is 0 Å². The van der Waals surface area contributed by atoms with Crippen LogP contribution in [0.25, 0.3) is 0 Å². The molecule has 2 aliphatic heterocycles. The molecule has 5 heteroatoms. The molecule has 3 rings (SSSR count). The number of fused-ring (bicyclic) bond motifs is 1. The number of hydrogen-bond acceptors (Lipinski definition) is 3. The van der Waals surface area contributed by atoms with Gasteiger partial charge in [-0.05, 0) is 24.5 Å². The Kier molecular flexibility index (Phi) is 3.44. The van der Waals surface area contributed by atoms with E-state index in [1.165, 1.54) is 0 Å². The zero-order valence-corrected chi connectivity index (χ0v) is 11.5. The molecule has 0 saturated carbocycles. The standard InChI is InChI=1S/C15H18N2O3/c1-10(18)17-7-5-11-3-2-4-13(14(11)17)16-15(19)12-6-8-20-9-12/h2-4,12H,5-9H2,1H3,(H,16,19). The van der Waals surface area contributed by atoms with E-state index in [1.807, 2.05) is 18.2 Å². The minimum atomic E-state index is -0.0852. The maximum atomic E-state index is 12.2. The Morgan fingerprint density at radius 1 is 1.40 bits per heavy atom. The molecular formula is C15H18N2O3. The highest BCUT2D eigenvalue weighted by atomic mass is 16.5. The fraction of sp³-hybridized carbons (Fsp3) is 0.467. The molecule has 20 heavy (non-hydrogen) atoms. The van der Waals surface area contributed by atoms with E-state index in [-0.39, 0.29) is 17.7 Å². The van der Waals surface area contributed by atoms with Gasteiger partial charge < -0.3 is 15.0 Å². The van der Waals surface area contributed by atoms with E-state index >= 15 is 0 Å². The van der Waals surface area contributed by atoms with Crippen LogP contribution in [0.1, 0.15) is 18.9 Å². The Morgan fingerprint density at radius 3 is 2.95 bits per heavy atom. The number of para-hydroxylation sites is 1. The number of anilines is 2. The van der Waals surface area contributed by atoms with Crippen LogP contribution in [0.4, 0.5) is 11.4 Å². The van der Waals surface area contributed by atoms with E-state index in [4.69, 9.17) is 4.74 Å². The quantitative estimate of drug-likeness (QED) is 0.890. The fourth-order valence-electron chi connectivity index (χ4n) is 2.85. The molecule has 1 atom stereocenters. The average Bonchev–Trinajstić information content (AvgIpc) is 3.08. The molecule has 1 N–H and O–H groups in total. The highest BCUT2D eigenvalue weighted by molar-refractivity contribution is 6.02. The molecule has 0 bridgehead atoms. The number of nitrogens with zero attached hydrogens (tertiary/aromatic N) is 1. The molecule has 1 aromatic rings.